The van der Waals surface area contributed by atoms with E-state index in [2.05, 4.69) is 5.32 Å². The van der Waals surface area contributed by atoms with Crippen LogP contribution in [0.5, 0.6) is 5.75 Å². The Kier molecular flexibility index (Phi) is 4.63. The van der Waals surface area contributed by atoms with Gasteiger partial charge in [-0.1, -0.05) is 11.6 Å². The topological polar surface area (TPSA) is 92.5 Å². The number of nitrogens with one attached hydrogen (secondary N) is 1. The number of nitro benzene ring substituents is 1. The van der Waals surface area contributed by atoms with Gasteiger partial charge in [-0.3, -0.25) is 14.9 Å². The highest BCUT2D eigenvalue weighted by molar-refractivity contribution is 14.1. The number of nitro groups is 1. The van der Waals surface area contributed by atoms with Crippen LogP contribution in [-0.4, -0.2) is 15.9 Å². The fourth-order valence-electron chi connectivity index (χ4n) is 1.61. The van der Waals surface area contributed by atoms with Gasteiger partial charge in [0.2, 0.25) is 0 Å². The number of aromatic hydroxyl groups is 1. The molecule has 0 unspecified atom stereocenters. The highest BCUT2D eigenvalue weighted by Gasteiger charge is 2.15. The molecule has 0 saturated heterocycles. The molecule has 0 aromatic heterocycles. The second-order valence-electron chi connectivity index (χ2n) is 4.04. The molecule has 1 amide bonds. The maximum Gasteiger partial charge on any atom is 0.271 e. The van der Waals surface area contributed by atoms with Crippen molar-refractivity contribution in [1.82, 2.24) is 0 Å². The second-order valence-corrected chi connectivity index (χ2v) is 5.69. The van der Waals surface area contributed by atoms with Crippen LogP contribution in [0.15, 0.2) is 36.4 Å². The highest BCUT2D eigenvalue weighted by Crippen LogP contribution is 2.28. The summed E-state index contributed by atoms with van der Waals surface area (Å²) >= 11 is 7.89. The van der Waals surface area contributed by atoms with E-state index in [1.807, 2.05) is 22.6 Å². The first-order valence-electron chi connectivity index (χ1n) is 5.62. The van der Waals surface area contributed by atoms with E-state index in [0.29, 0.717) is 0 Å². The number of rotatable bonds is 3. The zero-order chi connectivity index (χ0) is 15.6. The first-order chi connectivity index (χ1) is 9.88. The zero-order valence-electron chi connectivity index (χ0n) is 10.3. The van der Waals surface area contributed by atoms with Crippen molar-refractivity contribution in [2.45, 2.75) is 0 Å². The van der Waals surface area contributed by atoms with E-state index in [4.69, 9.17) is 11.6 Å². The predicted molar refractivity (Wildman–Crippen MR) is 86.9 cm³/mol. The van der Waals surface area contributed by atoms with Crippen molar-refractivity contribution in [2.24, 2.45) is 0 Å². The minimum absolute atomic E-state index is 0.0440. The molecule has 0 atom stereocenters. The molecule has 0 radical (unpaired) electrons. The number of amides is 1. The Hall–Kier alpha value is -1.87. The molecule has 2 aromatic rings. The van der Waals surface area contributed by atoms with Crippen LogP contribution in [0.25, 0.3) is 0 Å². The van der Waals surface area contributed by atoms with Crippen LogP contribution in [0.1, 0.15) is 10.4 Å². The number of carbonyl (C=O) groups excluding carboxylic acids is 1. The van der Waals surface area contributed by atoms with Gasteiger partial charge < -0.3 is 10.4 Å². The molecule has 0 aliphatic heterocycles. The van der Waals surface area contributed by atoms with Crippen LogP contribution in [0.3, 0.4) is 0 Å². The number of phenolic OH excluding ortho intramolecular Hbond substituents is 1. The summed E-state index contributed by atoms with van der Waals surface area (Å²) in [6.07, 6.45) is 0. The molecule has 0 aliphatic carbocycles. The standard InChI is InChI=1S/C13H8ClIN2O4/c14-10-6-8(17(20)21)2-4-11(10)16-13(19)9-3-1-7(15)5-12(9)18/h1-6,18H,(H,16,19). The molecule has 2 aromatic carbocycles. The Balaban J connectivity index is 2.25. The summed E-state index contributed by atoms with van der Waals surface area (Å²) in [5.74, 6) is -0.711. The van der Waals surface area contributed by atoms with E-state index in [1.165, 1.54) is 24.3 Å². The monoisotopic (exact) mass is 418 g/mol. The molecule has 0 spiro atoms. The number of benzene rings is 2. The van der Waals surface area contributed by atoms with Crippen LogP contribution in [0.4, 0.5) is 11.4 Å². The van der Waals surface area contributed by atoms with Crippen LogP contribution >= 0.6 is 34.2 Å². The molecule has 0 bridgehead atoms. The van der Waals surface area contributed by atoms with Crippen LogP contribution in [0, 0.1) is 13.7 Å². The Morgan fingerprint density at radius 3 is 2.57 bits per heavy atom. The molecule has 2 rings (SSSR count). The van der Waals surface area contributed by atoms with Gasteiger partial charge in [0.05, 0.1) is 21.2 Å². The Morgan fingerprint density at radius 1 is 1.29 bits per heavy atom. The van der Waals surface area contributed by atoms with Crippen molar-refractivity contribution in [3.8, 4) is 5.75 Å². The summed E-state index contributed by atoms with van der Waals surface area (Å²) in [5.41, 5.74) is 0.144. The number of hydrogen-bond donors (Lipinski definition) is 2. The van der Waals surface area contributed by atoms with Gasteiger partial charge in [-0.2, -0.15) is 0 Å². The average molecular weight is 419 g/mol. The van der Waals surface area contributed by atoms with E-state index in [1.54, 1.807) is 6.07 Å². The molecule has 0 saturated carbocycles. The number of non-ortho nitro benzene ring substituents is 1. The summed E-state index contributed by atoms with van der Waals surface area (Å²) in [4.78, 5) is 22.1. The van der Waals surface area contributed by atoms with Gasteiger partial charge >= 0.3 is 0 Å². The lowest BCUT2D eigenvalue weighted by molar-refractivity contribution is -0.384. The molecule has 2 N–H and O–H groups in total. The van der Waals surface area contributed by atoms with Gasteiger partial charge in [0.25, 0.3) is 11.6 Å². The summed E-state index contributed by atoms with van der Waals surface area (Å²) < 4.78 is 0.787. The van der Waals surface area contributed by atoms with Gasteiger partial charge in [0.15, 0.2) is 0 Å². The third kappa shape index (κ3) is 3.61. The lowest BCUT2D eigenvalue weighted by Crippen LogP contribution is -2.12. The first kappa shape index (κ1) is 15.5. The third-order valence-electron chi connectivity index (χ3n) is 2.62. The lowest BCUT2D eigenvalue weighted by Gasteiger charge is -2.08. The zero-order valence-corrected chi connectivity index (χ0v) is 13.3. The van der Waals surface area contributed by atoms with E-state index < -0.39 is 10.8 Å². The Labute approximate surface area is 138 Å². The fraction of sp³-hybridized carbons (Fsp3) is 0. The van der Waals surface area contributed by atoms with Crippen molar-refractivity contribution in [3.63, 3.8) is 0 Å². The minimum Gasteiger partial charge on any atom is -0.507 e. The molecular weight excluding hydrogens is 411 g/mol. The predicted octanol–water partition coefficient (Wildman–Crippen LogP) is 3.81. The summed E-state index contributed by atoms with van der Waals surface area (Å²) in [6, 6.07) is 8.31. The summed E-state index contributed by atoms with van der Waals surface area (Å²) in [7, 11) is 0. The summed E-state index contributed by atoms with van der Waals surface area (Å²) in [5, 5.41) is 22.9. The van der Waals surface area contributed by atoms with Gasteiger partial charge in [0, 0.05) is 15.7 Å². The van der Waals surface area contributed by atoms with Crippen LogP contribution in [-0.2, 0) is 0 Å². The Bertz CT molecular complexity index is 736. The van der Waals surface area contributed by atoms with Crippen molar-refractivity contribution < 1.29 is 14.8 Å². The minimum atomic E-state index is -0.581. The second kappa shape index (κ2) is 6.27. The summed E-state index contributed by atoms with van der Waals surface area (Å²) in [6.45, 7) is 0. The third-order valence-corrected chi connectivity index (χ3v) is 3.60. The largest absolute Gasteiger partial charge is 0.507 e. The maximum atomic E-state index is 12.1. The molecule has 108 valence electrons. The van der Waals surface area contributed by atoms with E-state index >= 15 is 0 Å². The normalized spacial score (nSPS) is 10.2. The smallest absolute Gasteiger partial charge is 0.271 e. The van der Waals surface area contributed by atoms with Gasteiger partial charge in [-0.05, 0) is 46.9 Å². The number of hydrogen-bond acceptors (Lipinski definition) is 4. The van der Waals surface area contributed by atoms with E-state index in [9.17, 15) is 20.0 Å². The molecule has 21 heavy (non-hydrogen) atoms. The van der Waals surface area contributed by atoms with Crippen LogP contribution in [0.2, 0.25) is 5.02 Å². The van der Waals surface area contributed by atoms with Crippen molar-refractivity contribution in [3.05, 3.63) is 60.7 Å². The molecule has 6 nitrogen and oxygen atoms in total. The number of carbonyl (C=O) groups is 1. The molecule has 0 aliphatic rings. The average Bonchev–Trinajstić information content (AvgIpc) is 2.40. The molecule has 0 fully saturated rings. The van der Waals surface area contributed by atoms with E-state index in [0.717, 1.165) is 9.64 Å². The van der Waals surface area contributed by atoms with Crippen molar-refractivity contribution >= 4 is 51.5 Å². The first-order valence-corrected chi connectivity index (χ1v) is 7.08. The number of nitrogens with zero attached hydrogens (tertiary/aromatic N) is 1. The molecule has 8 heteroatoms. The van der Waals surface area contributed by atoms with Crippen LogP contribution < -0.4 is 5.32 Å². The number of halogens is 2. The van der Waals surface area contributed by atoms with Gasteiger partial charge in [0.1, 0.15) is 5.75 Å². The van der Waals surface area contributed by atoms with Crippen molar-refractivity contribution in [1.29, 1.82) is 0 Å². The molecular formula is C13H8ClIN2O4. The quantitative estimate of drug-likeness (QED) is 0.450. The fourth-order valence-corrected chi connectivity index (χ4v) is 2.30. The van der Waals surface area contributed by atoms with Crippen molar-refractivity contribution in [2.75, 3.05) is 5.32 Å². The number of anilines is 1. The maximum absolute atomic E-state index is 12.1. The van der Waals surface area contributed by atoms with Gasteiger partial charge in [-0.15, -0.1) is 0 Å². The Morgan fingerprint density at radius 2 is 2.00 bits per heavy atom. The van der Waals surface area contributed by atoms with Gasteiger partial charge in [-0.25, -0.2) is 0 Å². The number of phenols is 1. The van der Waals surface area contributed by atoms with E-state index in [-0.39, 0.29) is 27.7 Å². The SMILES string of the molecule is O=C(Nc1ccc([N+](=O)[O-])cc1Cl)c1ccc(I)cc1O. The lowest BCUT2D eigenvalue weighted by atomic mass is 10.2. The molecule has 0 heterocycles. The highest BCUT2D eigenvalue weighted by atomic mass is 127.